The van der Waals surface area contributed by atoms with E-state index in [1.54, 1.807) is 24.3 Å². The molecule has 3 N–H and O–H groups in total. The number of rotatable bonds is 3. The Kier molecular flexibility index (Phi) is 4.76. The smallest absolute Gasteiger partial charge is 0.255 e. The summed E-state index contributed by atoms with van der Waals surface area (Å²) in [4.78, 5) is 12.4. The van der Waals surface area contributed by atoms with E-state index in [1.807, 2.05) is 55.5 Å². The van der Waals surface area contributed by atoms with Crippen molar-refractivity contribution in [2.24, 2.45) is 5.73 Å². The summed E-state index contributed by atoms with van der Waals surface area (Å²) in [5.41, 5.74) is 10.5. The van der Waals surface area contributed by atoms with Crippen molar-refractivity contribution >= 4 is 11.6 Å². The maximum absolute atomic E-state index is 12.4. The van der Waals surface area contributed by atoms with Crippen LogP contribution in [0, 0.1) is 18.3 Å². The molecule has 1 amide bonds. The largest absolute Gasteiger partial charge is 0.440 e. The molecule has 0 unspecified atom stereocenters. The summed E-state index contributed by atoms with van der Waals surface area (Å²) in [6.07, 6.45) is 0. The fraction of sp³-hybridized carbons (Fsp3) is 0.0833. The van der Waals surface area contributed by atoms with Crippen LogP contribution in [0.3, 0.4) is 0 Å². The van der Waals surface area contributed by atoms with E-state index in [2.05, 4.69) is 11.4 Å². The lowest BCUT2D eigenvalue weighted by molar-refractivity contribution is 0.102. The summed E-state index contributed by atoms with van der Waals surface area (Å²) in [6, 6.07) is 24.6. The summed E-state index contributed by atoms with van der Waals surface area (Å²) >= 11 is 0. The van der Waals surface area contributed by atoms with E-state index in [4.69, 9.17) is 10.5 Å². The number of allylic oxidation sites excluding steroid dienone is 1. The molecule has 1 aliphatic heterocycles. The molecule has 1 heterocycles. The molecule has 29 heavy (non-hydrogen) atoms. The van der Waals surface area contributed by atoms with Gasteiger partial charge in [0.1, 0.15) is 17.4 Å². The molecule has 0 saturated heterocycles. The van der Waals surface area contributed by atoms with Gasteiger partial charge in [0.2, 0.25) is 5.88 Å². The first-order chi connectivity index (χ1) is 14.1. The van der Waals surface area contributed by atoms with E-state index in [1.165, 1.54) is 0 Å². The van der Waals surface area contributed by atoms with Crippen molar-refractivity contribution < 1.29 is 9.53 Å². The lowest BCUT2D eigenvalue weighted by Crippen LogP contribution is -2.21. The molecule has 0 radical (unpaired) electrons. The average molecular weight is 381 g/mol. The van der Waals surface area contributed by atoms with E-state index in [0.29, 0.717) is 22.6 Å². The quantitative estimate of drug-likeness (QED) is 0.701. The number of hydrogen-bond donors (Lipinski definition) is 2. The van der Waals surface area contributed by atoms with Crippen molar-refractivity contribution in [3.63, 3.8) is 0 Å². The zero-order valence-corrected chi connectivity index (χ0v) is 15.8. The van der Waals surface area contributed by atoms with Gasteiger partial charge < -0.3 is 15.8 Å². The molecular formula is C24H19N3O2. The van der Waals surface area contributed by atoms with Crippen molar-refractivity contribution in [3.8, 4) is 11.8 Å². The zero-order valence-electron chi connectivity index (χ0n) is 15.8. The van der Waals surface area contributed by atoms with Crippen LogP contribution in [0.15, 0.2) is 84.3 Å². The molecule has 142 valence electrons. The molecule has 5 nitrogen and oxygen atoms in total. The maximum atomic E-state index is 12.4. The van der Waals surface area contributed by atoms with Gasteiger partial charge in [0.05, 0.1) is 5.92 Å². The van der Waals surface area contributed by atoms with Gasteiger partial charge in [0, 0.05) is 22.9 Å². The lowest BCUT2D eigenvalue weighted by Gasteiger charge is -2.27. The topological polar surface area (TPSA) is 88.1 Å². The van der Waals surface area contributed by atoms with Crippen LogP contribution in [0.2, 0.25) is 0 Å². The van der Waals surface area contributed by atoms with Gasteiger partial charge >= 0.3 is 0 Å². The molecule has 3 aromatic rings. The first kappa shape index (κ1) is 18.3. The van der Waals surface area contributed by atoms with Crippen LogP contribution < -0.4 is 15.8 Å². The van der Waals surface area contributed by atoms with Crippen LogP contribution in [0.5, 0.6) is 5.75 Å². The number of nitrogens with two attached hydrogens (primary N) is 1. The molecule has 0 bridgehead atoms. The molecule has 4 rings (SSSR count). The fourth-order valence-corrected chi connectivity index (χ4v) is 3.43. The predicted molar refractivity (Wildman–Crippen MR) is 111 cm³/mol. The molecule has 0 fully saturated rings. The van der Waals surface area contributed by atoms with E-state index in [-0.39, 0.29) is 17.7 Å². The van der Waals surface area contributed by atoms with Crippen molar-refractivity contribution in [1.29, 1.82) is 5.26 Å². The average Bonchev–Trinajstić information content (AvgIpc) is 2.74. The number of nitrogens with one attached hydrogen (secondary N) is 1. The third kappa shape index (κ3) is 3.56. The highest BCUT2D eigenvalue weighted by atomic mass is 16.5. The predicted octanol–water partition coefficient (Wildman–Crippen LogP) is 4.47. The Morgan fingerprint density at radius 1 is 1.07 bits per heavy atom. The summed E-state index contributed by atoms with van der Waals surface area (Å²) in [6.45, 7) is 2.01. The van der Waals surface area contributed by atoms with E-state index < -0.39 is 0 Å². The molecular weight excluding hydrogens is 362 g/mol. The standard InChI is InChI=1S/C24H19N3O2/c1-15-7-9-16(10-8-15)22-19-12-11-18(13-21(19)29-23(26)20(22)14-25)27-24(28)17-5-3-2-4-6-17/h2-13,22H,26H2,1H3,(H,27,28)/t22-/m0/s1. The molecule has 0 saturated carbocycles. The van der Waals surface area contributed by atoms with Crippen LogP contribution in [0.1, 0.15) is 33.0 Å². The normalized spacial score (nSPS) is 15.1. The van der Waals surface area contributed by atoms with Gasteiger partial charge in [0.15, 0.2) is 0 Å². The van der Waals surface area contributed by atoms with Crippen LogP contribution in [0.4, 0.5) is 5.69 Å². The minimum Gasteiger partial charge on any atom is -0.440 e. The van der Waals surface area contributed by atoms with Gasteiger partial charge in [-0.05, 0) is 30.7 Å². The van der Waals surface area contributed by atoms with E-state index in [0.717, 1.165) is 16.7 Å². The number of amides is 1. The number of fused-ring (bicyclic) bond motifs is 1. The molecule has 0 aliphatic carbocycles. The Morgan fingerprint density at radius 2 is 1.79 bits per heavy atom. The number of nitriles is 1. The minimum absolute atomic E-state index is 0.0807. The number of carbonyl (C=O) groups is 1. The maximum Gasteiger partial charge on any atom is 0.255 e. The molecule has 0 aromatic heterocycles. The van der Waals surface area contributed by atoms with Crippen LogP contribution in [0.25, 0.3) is 0 Å². The second-order valence-corrected chi connectivity index (χ2v) is 6.91. The Balaban J connectivity index is 1.70. The number of anilines is 1. The zero-order chi connectivity index (χ0) is 20.4. The molecule has 1 atom stereocenters. The van der Waals surface area contributed by atoms with E-state index in [9.17, 15) is 10.1 Å². The third-order valence-electron chi connectivity index (χ3n) is 4.92. The summed E-state index contributed by atoms with van der Waals surface area (Å²) in [7, 11) is 0. The van der Waals surface area contributed by atoms with Gasteiger partial charge in [-0.25, -0.2) is 0 Å². The van der Waals surface area contributed by atoms with Crippen molar-refractivity contribution in [3.05, 3.63) is 107 Å². The number of benzene rings is 3. The molecule has 5 heteroatoms. The first-order valence-electron chi connectivity index (χ1n) is 9.21. The highest BCUT2D eigenvalue weighted by Crippen LogP contribution is 2.43. The fourth-order valence-electron chi connectivity index (χ4n) is 3.43. The number of hydrogen-bond acceptors (Lipinski definition) is 4. The third-order valence-corrected chi connectivity index (χ3v) is 4.92. The number of ether oxygens (including phenoxy) is 1. The molecule has 1 aliphatic rings. The lowest BCUT2D eigenvalue weighted by atomic mass is 9.83. The Bertz CT molecular complexity index is 1140. The Hall–Kier alpha value is -4.04. The monoisotopic (exact) mass is 381 g/mol. The highest BCUT2D eigenvalue weighted by Gasteiger charge is 2.30. The first-order valence-corrected chi connectivity index (χ1v) is 9.21. The number of aryl methyl sites for hydroxylation is 1. The number of nitrogens with zero attached hydrogens (tertiary/aromatic N) is 1. The summed E-state index contributed by atoms with van der Waals surface area (Å²) in [5.74, 6) is 0.0796. The second kappa shape index (κ2) is 7.53. The summed E-state index contributed by atoms with van der Waals surface area (Å²) in [5, 5.41) is 12.5. The van der Waals surface area contributed by atoms with Crippen molar-refractivity contribution in [2.75, 3.05) is 5.32 Å². The van der Waals surface area contributed by atoms with Crippen LogP contribution in [-0.4, -0.2) is 5.91 Å². The van der Waals surface area contributed by atoms with Crippen LogP contribution in [-0.2, 0) is 0 Å². The minimum atomic E-state index is -0.316. The Morgan fingerprint density at radius 3 is 2.48 bits per heavy atom. The summed E-state index contributed by atoms with van der Waals surface area (Å²) < 4.78 is 5.72. The van der Waals surface area contributed by atoms with E-state index >= 15 is 0 Å². The van der Waals surface area contributed by atoms with Gasteiger partial charge in [-0.15, -0.1) is 0 Å². The van der Waals surface area contributed by atoms with Gasteiger partial charge in [0.25, 0.3) is 5.91 Å². The van der Waals surface area contributed by atoms with Gasteiger partial charge in [-0.3, -0.25) is 4.79 Å². The molecule has 0 spiro atoms. The van der Waals surface area contributed by atoms with Gasteiger partial charge in [-0.1, -0.05) is 54.1 Å². The highest BCUT2D eigenvalue weighted by molar-refractivity contribution is 6.04. The van der Waals surface area contributed by atoms with Crippen molar-refractivity contribution in [2.45, 2.75) is 12.8 Å². The Labute approximate surface area is 169 Å². The van der Waals surface area contributed by atoms with Gasteiger partial charge in [-0.2, -0.15) is 5.26 Å². The number of carbonyl (C=O) groups excluding carboxylic acids is 1. The van der Waals surface area contributed by atoms with Crippen molar-refractivity contribution in [1.82, 2.24) is 0 Å². The second-order valence-electron chi connectivity index (χ2n) is 6.91. The molecule has 3 aromatic carbocycles. The SMILES string of the molecule is Cc1ccc([C@@H]2C(C#N)=C(N)Oc3cc(NC(=O)c4ccccc4)ccc32)cc1. The van der Waals surface area contributed by atoms with Crippen LogP contribution >= 0.6 is 0 Å².